The van der Waals surface area contributed by atoms with Crippen LogP contribution in [0.25, 0.3) is 0 Å². The van der Waals surface area contributed by atoms with E-state index >= 15 is 0 Å². The van der Waals surface area contributed by atoms with E-state index < -0.39 is 0 Å². The van der Waals surface area contributed by atoms with Gasteiger partial charge in [-0.1, -0.05) is 45.2 Å². The maximum absolute atomic E-state index is 12.2. The molecule has 0 saturated carbocycles. The number of carbonyl (C=O) groups is 1. The van der Waals surface area contributed by atoms with Gasteiger partial charge in [-0.15, -0.1) is 0 Å². The predicted octanol–water partition coefficient (Wildman–Crippen LogP) is 5.49. The van der Waals surface area contributed by atoms with Crippen molar-refractivity contribution in [3.05, 3.63) is 67.6 Å². The molecule has 19 heavy (non-hydrogen) atoms. The lowest BCUT2D eigenvalue weighted by Gasteiger charge is -2.06. The van der Waals surface area contributed by atoms with Crippen LogP contribution in [0.2, 0.25) is 10.0 Å². The molecular weight excluding hydrogens is 347 g/mol. The first kappa shape index (κ1) is 14.6. The van der Waals surface area contributed by atoms with E-state index in [0.717, 1.165) is 15.6 Å². The second-order valence-electron chi connectivity index (χ2n) is 4.30. The highest BCUT2D eigenvalue weighted by Crippen LogP contribution is 2.23. The number of ketones is 1. The third kappa shape index (κ3) is 3.59. The highest BCUT2D eigenvalue weighted by molar-refractivity contribution is 9.10. The van der Waals surface area contributed by atoms with Crippen molar-refractivity contribution in [2.24, 2.45) is 0 Å². The number of rotatable bonds is 3. The molecule has 1 nitrogen and oxygen atoms in total. The average molecular weight is 358 g/mol. The third-order valence-electron chi connectivity index (χ3n) is 2.84. The minimum absolute atomic E-state index is 0.0276. The van der Waals surface area contributed by atoms with Gasteiger partial charge in [0.1, 0.15) is 0 Å². The first-order valence-corrected chi connectivity index (χ1v) is 7.25. The first-order chi connectivity index (χ1) is 8.97. The number of carbonyl (C=O) groups excluding carboxylic acids is 1. The van der Waals surface area contributed by atoms with Gasteiger partial charge in [0, 0.05) is 26.5 Å². The van der Waals surface area contributed by atoms with Gasteiger partial charge in [0.25, 0.3) is 0 Å². The van der Waals surface area contributed by atoms with E-state index in [9.17, 15) is 4.79 Å². The molecule has 0 N–H and O–H groups in total. The lowest BCUT2D eigenvalue weighted by molar-refractivity contribution is 0.0993. The number of hydrogen-bond donors (Lipinski definition) is 0. The highest BCUT2D eigenvalue weighted by Gasteiger charge is 2.11. The Morgan fingerprint density at radius 2 is 1.89 bits per heavy atom. The highest BCUT2D eigenvalue weighted by atomic mass is 79.9. The second-order valence-corrected chi connectivity index (χ2v) is 6.00. The topological polar surface area (TPSA) is 17.1 Å². The van der Waals surface area contributed by atoms with Crippen LogP contribution in [0.3, 0.4) is 0 Å². The Labute approximate surface area is 130 Å². The Kier molecular flexibility index (Phi) is 4.67. The molecule has 0 aliphatic rings. The summed E-state index contributed by atoms with van der Waals surface area (Å²) in [5, 5.41) is 1.14. The number of hydrogen-bond acceptors (Lipinski definition) is 1. The first-order valence-electron chi connectivity index (χ1n) is 5.70. The fourth-order valence-electron chi connectivity index (χ4n) is 1.77. The fraction of sp³-hybridized carbons (Fsp3) is 0.133. The Morgan fingerprint density at radius 3 is 2.58 bits per heavy atom. The number of aryl methyl sites for hydroxylation is 1. The normalized spacial score (nSPS) is 10.5. The molecule has 0 bridgehead atoms. The molecule has 2 aromatic rings. The van der Waals surface area contributed by atoms with Crippen molar-refractivity contribution in [1.29, 1.82) is 0 Å². The smallest absolute Gasteiger partial charge is 0.167 e. The van der Waals surface area contributed by atoms with Crippen LogP contribution in [0.5, 0.6) is 0 Å². The average Bonchev–Trinajstić information content (AvgIpc) is 2.37. The van der Waals surface area contributed by atoms with E-state index in [1.807, 2.05) is 19.1 Å². The van der Waals surface area contributed by atoms with Crippen LogP contribution >= 0.6 is 39.1 Å². The van der Waals surface area contributed by atoms with Crippen molar-refractivity contribution in [2.45, 2.75) is 13.3 Å². The summed E-state index contributed by atoms with van der Waals surface area (Å²) in [4.78, 5) is 12.2. The van der Waals surface area contributed by atoms with Crippen LogP contribution in [0, 0.1) is 6.92 Å². The van der Waals surface area contributed by atoms with Gasteiger partial charge in [0.2, 0.25) is 0 Å². The fourth-order valence-corrected chi connectivity index (χ4v) is 2.40. The summed E-state index contributed by atoms with van der Waals surface area (Å²) in [5.41, 5.74) is 2.46. The van der Waals surface area contributed by atoms with Crippen LogP contribution in [-0.4, -0.2) is 5.78 Å². The number of halogens is 3. The van der Waals surface area contributed by atoms with Gasteiger partial charge in [-0.2, -0.15) is 0 Å². The van der Waals surface area contributed by atoms with Crippen molar-refractivity contribution in [3.63, 3.8) is 0 Å². The van der Waals surface area contributed by atoms with Gasteiger partial charge >= 0.3 is 0 Å². The van der Waals surface area contributed by atoms with Gasteiger partial charge in [0.15, 0.2) is 5.78 Å². The zero-order valence-corrected chi connectivity index (χ0v) is 13.3. The zero-order valence-electron chi connectivity index (χ0n) is 10.2. The summed E-state index contributed by atoms with van der Waals surface area (Å²) in [6, 6.07) is 10.7. The van der Waals surface area contributed by atoms with Crippen LogP contribution in [0.15, 0.2) is 40.9 Å². The quantitative estimate of drug-likeness (QED) is 0.664. The zero-order chi connectivity index (χ0) is 14.0. The van der Waals surface area contributed by atoms with Gasteiger partial charge in [0.05, 0.1) is 0 Å². The number of Topliss-reactive ketones (excluding diaryl/α,β-unsaturated/α-hetero) is 1. The predicted molar refractivity (Wildman–Crippen MR) is 83.4 cm³/mol. The van der Waals surface area contributed by atoms with E-state index in [0.29, 0.717) is 15.6 Å². The third-order valence-corrected chi connectivity index (χ3v) is 4.33. The lowest BCUT2D eigenvalue weighted by atomic mass is 10.0. The summed E-state index contributed by atoms with van der Waals surface area (Å²) < 4.78 is 0.991. The molecule has 0 aromatic heterocycles. The van der Waals surface area contributed by atoms with Gasteiger partial charge in [-0.3, -0.25) is 4.79 Å². The summed E-state index contributed by atoms with van der Waals surface area (Å²) in [6.45, 7) is 1.95. The molecule has 0 aliphatic heterocycles. The maximum Gasteiger partial charge on any atom is 0.167 e. The van der Waals surface area contributed by atoms with Crippen LogP contribution < -0.4 is 0 Å². The summed E-state index contributed by atoms with van der Waals surface area (Å²) in [5.74, 6) is 0.0276. The standard InChI is InChI=1S/C15H11BrCl2O/c1-9-6-10(2-4-13(9)16)15(19)8-11-7-12(17)3-5-14(11)18/h2-7H,8H2,1H3. The van der Waals surface area contributed by atoms with Crippen LogP contribution in [0.1, 0.15) is 21.5 Å². The molecule has 0 heterocycles. The monoisotopic (exact) mass is 356 g/mol. The molecule has 0 fully saturated rings. The van der Waals surface area contributed by atoms with E-state index in [2.05, 4.69) is 15.9 Å². The minimum atomic E-state index is 0.0276. The van der Waals surface area contributed by atoms with Crippen molar-refractivity contribution < 1.29 is 4.79 Å². The van der Waals surface area contributed by atoms with Gasteiger partial charge < -0.3 is 0 Å². The molecule has 2 aromatic carbocycles. The molecule has 0 amide bonds. The molecule has 98 valence electrons. The van der Waals surface area contributed by atoms with Crippen molar-refractivity contribution in [3.8, 4) is 0 Å². The van der Waals surface area contributed by atoms with E-state index in [1.54, 1.807) is 24.3 Å². The second kappa shape index (κ2) is 6.08. The molecular formula is C15H11BrCl2O. The van der Waals surface area contributed by atoms with Crippen molar-refractivity contribution in [1.82, 2.24) is 0 Å². The largest absolute Gasteiger partial charge is 0.294 e. The van der Waals surface area contributed by atoms with Crippen LogP contribution in [0.4, 0.5) is 0 Å². The Balaban J connectivity index is 2.25. The molecule has 0 aliphatic carbocycles. The summed E-state index contributed by atoms with van der Waals surface area (Å²) >= 11 is 15.4. The molecule has 0 radical (unpaired) electrons. The Hall–Kier alpha value is -0.830. The maximum atomic E-state index is 12.2. The molecule has 4 heteroatoms. The van der Waals surface area contributed by atoms with Gasteiger partial charge in [-0.05, 0) is 48.4 Å². The molecule has 0 unspecified atom stereocenters. The van der Waals surface area contributed by atoms with E-state index in [-0.39, 0.29) is 12.2 Å². The minimum Gasteiger partial charge on any atom is -0.294 e. The molecule has 0 spiro atoms. The van der Waals surface area contributed by atoms with Crippen LogP contribution in [-0.2, 0) is 6.42 Å². The Bertz CT molecular complexity index is 638. The molecule has 2 rings (SSSR count). The summed E-state index contributed by atoms with van der Waals surface area (Å²) in [6.07, 6.45) is 0.250. The van der Waals surface area contributed by atoms with E-state index in [1.165, 1.54) is 0 Å². The van der Waals surface area contributed by atoms with Crippen molar-refractivity contribution >= 4 is 44.9 Å². The van der Waals surface area contributed by atoms with Crippen molar-refractivity contribution in [2.75, 3.05) is 0 Å². The molecule has 0 atom stereocenters. The Morgan fingerprint density at radius 1 is 1.16 bits per heavy atom. The number of benzene rings is 2. The SMILES string of the molecule is Cc1cc(C(=O)Cc2cc(Cl)ccc2Cl)ccc1Br. The molecule has 0 saturated heterocycles. The van der Waals surface area contributed by atoms with Gasteiger partial charge in [-0.25, -0.2) is 0 Å². The lowest BCUT2D eigenvalue weighted by Crippen LogP contribution is -2.04. The van der Waals surface area contributed by atoms with E-state index in [4.69, 9.17) is 23.2 Å². The summed E-state index contributed by atoms with van der Waals surface area (Å²) in [7, 11) is 0.